The highest BCUT2D eigenvalue weighted by atomic mass is 35.5. The lowest BCUT2D eigenvalue weighted by Gasteiger charge is -2.07. The van der Waals surface area contributed by atoms with Gasteiger partial charge < -0.3 is 5.32 Å². The smallest absolute Gasteiger partial charge is 0.274 e. The van der Waals surface area contributed by atoms with E-state index < -0.39 is 0 Å². The molecule has 0 atom stereocenters. The molecule has 0 aliphatic carbocycles. The third-order valence-corrected chi connectivity index (χ3v) is 3.33. The Bertz CT molecular complexity index is 824. The normalized spacial score (nSPS) is 10.8. The van der Waals surface area contributed by atoms with Crippen molar-refractivity contribution in [3.8, 4) is 0 Å². The summed E-state index contributed by atoms with van der Waals surface area (Å²) in [5.74, 6) is -0.333. The number of nitrogens with one attached hydrogen (secondary N) is 1. The molecule has 1 N–H and O–H groups in total. The van der Waals surface area contributed by atoms with Crippen LogP contribution in [0.3, 0.4) is 0 Å². The van der Waals surface area contributed by atoms with Gasteiger partial charge in [-0.25, -0.2) is 9.50 Å². The molecule has 106 valence electrons. The Labute approximate surface area is 130 Å². The summed E-state index contributed by atoms with van der Waals surface area (Å²) in [6, 6.07) is 8.24. The lowest BCUT2D eigenvalue weighted by molar-refractivity contribution is 0.102. The van der Waals surface area contributed by atoms with Gasteiger partial charge >= 0.3 is 0 Å². The van der Waals surface area contributed by atoms with Crippen LogP contribution in [0.5, 0.6) is 0 Å². The molecule has 0 aliphatic rings. The standard InChI is InChI=1S/C14H10Cl2N4O/c1-8-4-12(19-13-2-3-17-20(8)13)14(21)18-11-6-9(15)5-10(16)7-11/h2-7H,1H3,(H,18,21). The van der Waals surface area contributed by atoms with E-state index in [2.05, 4.69) is 15.4 Å². The van der Waals surface area contributed by atoms with Gasteiger partial charge in [-0.05, 0) is 31.2 Å². The van der Waals surface area contributed by atoms with Crippen molar-refractivity contribution in [1.29, 1.82) is 0 Å². The Hall–Kier alpha value is -2.11. The van der Waals surface area contributed by atoms with Gasteiger partial charge in [-0.15, -0.1) is 0 Å². The fraction of sp³-hybridized carbons (Fsp3) is 0.0714. The second-order valence-electron chi connectivity index (χ2n) is 4.50. The number of anilines is 1. The van der Waals surface area contributed by atoms with E-state index in [-0.39, 0.29) is 5.91 Å². The van der Waals surface area contributed by atoms with Crippen LogP contribution in [-0.4, -0.2) is 20.5 Å². The van der Waals surface area contributed by atoms with Crippen molar-refractivity contribution in [1.82, 2.24) is 14.6 Å². The summed E-state index contributed by atoms with van der Waals surface area (Å²) >= 11 is 11.8. The summed E-state index contributed by atoms with van der Waals surface area (Å²) in [7, 11) is 0. The number of hydrogen-bond donors (Lipinski definition) is 1. The van der Waals surface area contributed by atoms with E-state index in [1.165, 1.54) is 0 Å². The molecule has 0 saturated carbocycles. The molecule has 0 saturated heterocycles. The minimum atomic E-state index is -0.333. The van der Waals surface area contributed by atoms with E-state index in [4.69, 9.17) is 23.2 Å². The van der Waals surface area contributed by atoms with E-state index in [1.807, 2.05) is 6.92 Å². The second kappa shape index (κ2) is 5.35. The number of aromatic nitrogens is 3. The Balaban J connectivity index is 1.93. The van der Waals surface area contributed by atoms with Crippen molar-refractivity contribution in [2.24, 2.45) is 0 Å². The molecule has 0 radical (unpaired) electrons. The molecule has 1 amide bonds. The van der Waals surface area contributed by atoms with Crippen molar-refractivity contribution < 1.29 is 4.79 Å². The van der Waals surface area contributed by atoms with Crippen molar-refractivity contribution in [2.75, 3.05) is 5.32 Å². The zero-order chi connectivity index (χ0) is 15.0. The molecule has 3 rings (SSSR count). The first-order chi connectivity index (χ1) is 10.0. The summed E-state index contributed by atoms with van der Waals surface area (Å²) in [5.41, 5.74) is 2.26. The highest BCUT2D eigenvalue weighted by Gasteiger charge is 2.12. The minimum absolute atomic E-state index is 0.302. The number of amides is 1. The molecular weight excluding hydrogens is 311 g/mol. The zero-order valence-corrected chi connectivity index (χ0v) is 12.5. The molecule has 21 heavy (non-hydrogen) atoms. The lowest BCUT2D eigenvalue weighted by Crippen LogP contribution is -2.15. The van der Waals surface area contributed by atoms with Crippen LogP contribution < -0.4 is 5.32 Å². The van der Waals surface area contributed by atoms with Crippen LogP contribution in [-0.2, 0) is 0 Å². The summed E-state index contributed by atoms with van der Waals surface area (Å²) in [4.78, 5) is 16.5. The van der Waals surface area contributed by atoms with Gasteiger partial charge in [0.25, 0.3) is 5.91 Å². The van der Waals surface area contributed by atoms with E-state index in [0.29, 0.717) is 27.1 Å². The fourth-order valence-corrected chi connectivity index (χ4v) is 2.53. The zero-order valence-electron chi connectivity index (χ0n) is 11.0. The van der Waals surface area contributed by atoms with Crippen molar-refractivity contribution in [2.45, 2.75) is 6.92 Å². The Morgan fingerprint density at radius 3 is 2.62 bits per heavy atom. The molecule has 0 aliphatic heterocycles. The van der Waals surface area contributed by atoms with Crippen LogP contribution in [0, 0.1) is 6.92 Å². The molecule has 5 nitrogen and oxygen atoms in total. The molecule has 2 aromatic heterocycles. The van der Waals surface area contributed by atoms with Gasteiger partial charge in [0.1, 0.15) is 5.69 Å². The van der Waals surface area contributed by atoms with Crippen molar-refractivity contribution in [3.05, 3.63) is 58.0 Å². The third-order valence-electron chi connectivity index (χ3n) is 2.89. The van der Waals surface area contributed by atoms with Crippen LogP contribution in [0.25, 0.3) is 5.65 Å². The van der Waals surface area contributed by atoms with Crippen LogP contribution in [0.1, 0.15) is 16.2 Å². The van der Waals surface area contributed by atoms with E-state index in [9.17, 15) is 4.79 Å². The Morgan fingerprint density at radius 2 is 1.90 bits per heavy atom. The molecule has 0 fully saturated rings. The number of hydrogen-bond acceptors (Lipinski definition) is 3. The number of halogens is 2. The molecule has 7 heteroatoms. The first-order valence-corrected chi connectivity index (χ1v) is 6.87. The second-order valence-corrected chi connectivity index (χ2v) is 5.37. The van der Waals surface area contributed by atoms with Crippen molar-refractivity contribution >= 4 is 40.4 Å². The lowest BCUT2D eigenvalue weighted by atomic mass is 10.3. The number of aryl methyl sites for hydroxylation is 1. The number of benzene rings is 1. The number of carbonyl (C=O) groups is 1. The molecular formula is C14H10Cl2N4O. The van der Waals surface area contributed by atoms with E-state index in [0.717, 1.165) is 5.69 Å². The number of carbonyl (C=O) groups excluding carboxylic acids is 1. The largest absolute Gasteiger partial charge is 0.321 e. The quantitative estimate of drug-likeness (QED) is 0.784. The fourth-order valence-electron chi connectivity index (χ4n) is 2.00. The van der Waals surface area contributed by atoms with Gasteiger partial charge in [0, 0.05) is 27.5 Å². The van der Waals surface area contributed by atoms with Crippen LogP contribution in [0.2, 0.25) is 10.0 Å². The maximum absolute atomic E-state index is 12.3. The predicted molar refractivity (Wildman–Crippen MR) is 82.1 cm³/mol. The Morgan fingerprint density at radius 1 is 1.19 bits per heavy atom. The van der Waals surface area contributed by atoms with Gasteiger partial charge in [-0.3, -0.25) is 4.79 Å². The van der Waals surface area contributed by atoms with E-state index >= 15 is 0 Å². The monoisotopic (exact) mass is 320 g/mol. The molecule has 2 heterocycles. The predicted octanol–water partition coefficient (Wildman–Crippen LogP) is 3.60. The first kappa shape index (κ1) is 13.9. The Kier molecular flexibility index (Phi) is 3.53. The van der Waals surface area contributed by atoms with Gasteiger partial charge in [0.15, 0.2) is 5.65 Å². The molecule has 0 spiro atoms. The van der Waals surface area contributed by atoms with Crippen molar-refractivity contribution in [3.63, 3.8) is 0 Å². The maximum atomic E-state index is 12.3. The first-order valence-electron chi connectivity index (χ1n) is 6.12. The summed E-state index contributed by atoms with van der Waals surface area (Å²) in [6.07, 6.45) is 1.63. The average Bonchev–Trinajstić information content (AvgIpc) is 2.86. The number of rotatable bonds is 2. The van der Waals surface area contributed by atoms with Gasteiger partial charge in [0.2, 0.25) is 0 Å². The summed E-state index contributed by atoms with van der Waals surface area (Å²) < 4.78 is 1.66. The SMILES string of the molecule is Cc1cc(C(=O)Nc2cc(Cl)cc(Cl)c2)nc2ccnn12. The van der Waals surface area contributed by atoms with Crippen LogP contribution in [0.4, 0.5) is 5.69 Å². The van der Waals surface area contributed by atoms with E-state index in [1.54, 1.807) is 41.0 Å². The maximum Gasteiger partial charge on any atom is 0.274 e. The van der Waals surface area contributed by atoms with Crippen LogP contribution in [0.15, 0.2) is 36.5 Å². The van der Waals surface area contributed by atoms with Crippen LogP contribution >= 0.6 is 23.2 Å². The summed E-state index contributed by atoms with van der Waals surface area (Å²) in [5, 5.41) is 7.74. The summed E-state index contributed by atoms with van der Waals surface area (Å²) in [6.45, 7) is 1.86. The van der Waals surface area contributed by atoms with Gasteiger partial charge in [-0.2, -0.15) is 5.10 Å². The number of nitrogens with zero attached hydrogens (tertiary/aromatic N) is 3. The molecule has 0 unspecified atom stereocenters. The third kappa shape index (κ3) is 2.84. The topological polar surface area (TPSA) is 59.3 Å². The molecule has 1 aromatic carbocycles. The average molecular weight is 321 g/mol. The highest BCUT2D eigenvalue weighted by Crippen LogP contribution is 2.22. The highest BCUT2D eigenvalue weighted by molar-refractivity contribution is 6.35. The van der Waals surface area contributed by atoms with Gasteiger partial charge in [0.05, 0.1) is 6.20 Å². The number of fused-ring (bicyclic) bond motifs is 1. The molecule has 3 aromatic rings. The van der Waals surface area contributed by atoms with Gasteiger partial charge in [-0.1, -0.05) is 23.2 Å². The molecule has 0 bridgehead atoms. The minimum Gasteiger partial charge on any atom is -0.321 e.